The minimum absolute atomic E-state index is 0.280. The number of nitriles is 1. The number of nitrogens with two attached hydrogens (primary N) is 1. The van der Waals surface area contributed by atoms with Crippen molar-refractivity contribution in [3.05, 3.63) is 34.3 Å². The molecule has 0 saturated carbocycles. The van der Waals surface area contributed by atoms with Crippen LogP contribution in [0, 0.1) is 18.3 Å². The van der Waals surface area contributed by atoms with Gasteiger partial charge in [-0.15, -0.1) is 0 Å². The molecule has 0 bridgehead atoms. The zero-order valence-corrected chi connectivity index (χ0v) is 8.17. The summed E-state index contributed by atoms with van der Waals surface area (Å²) in [5.41, 5.74) is 7.61. The molecule has 1 aromatic carbocycles. The van der Waals surface area contributed by atoms with Gasteiger partial charge in [-0.05, 0) is 18.1 Å². The molecule has 68 valence electrons. The molecule has 2 nitrogen and oxygen atoms in total. The van der Waals surface area contributed by atoms with Gasteiger partial charge in [-0.25, -0.2) is 0 Å². The van der Waals surface area contributed by atoms with Crippen LogP contribution in [0.15, 0.2) is 18.2 Å². The number of rotatable bonds is 2. The van der Waals surface area contributed by atoms with Gasteiger partial charge in [-0.1, -0.05) is 29.8 Å². The van der Waals surface area contributed by atoms with Gasteiger partial charge in [0.15, 0.2) is 0 Å². The number of hydrogen-bond donors (Lipinski definition) is 1. The first kappa shape index (κ1) is 10.0. The van der Waals surface area contributed by atoms with Crippen molar-refractivity contribution in [3.8, 4) is 6.07 Å². The molecule has 0 amide bonds. The second-order valence-corrected chi connectivity index (χ2v) is 3.32. The van der Waals surface area contributed by atoms with E-state index in [4.69, 9.17) is 22.6 Å². The molecule has 13 heavy (non-hydrogen) atoms. The highest BCUT2D eigenvalue weighted by molar-refractivity contribution is 6.32. The van der Waals surface area contributed by atoms with Crippen LogP contribution in [0.2, 0.25) is 5.02 Å². The topological polar surface area (TPSA) is 49.8 Å². The summed E-state index contributed by atoms with van der Waals surface area (Å²) in [6.07, 6.45) is 0.295. The van der Waals surface area contributed by atoms with E-state index in [0.29, 0.717) is 11.4 Å². The Morgan fingerprint density at radius 1 is 1.62 bits per heavy atom. The van der Waals surface area contributed by atoms with E-state index in [9.17, 15) is 0 Å². The maximum absolute atomic E-state index is 8.49. The Kier molecular flexibility index (Phi) is 3.30. The lowest BCUT2D eigenvalue weighted by atomic mass is 10.0. The van der Waals surface area contributed by atoms with Gasteiger partial charge in [0.05, 0.1) is 12.5 Å². The van der Waals surface area contributed by atoms with Crippen molar-refractivity contribution >= 4 is 11.6 Å². The molecule has 0 aliphatic carbocycles. The first-order chi connectivity index (χ1) is 6.16. The highest BCUT2D eigenvalue weighted by Gasteiger charge is 2.10. The highest BCUT2D eigenvalue weighted by Crippen LogP contribution is 2.26. The predicted molar refractivity (Wildman–Crippen MR) is 53.3 cm³/mol. The molecular formula is C10H11ClN2. The first-order valence-corrected chi connectivity index (χ1v) is 4.42. The van der Waals surface area contributed by atoms with Gasteiger partial charge in [-0.3, -0.25) is 0 Å². The van der Waals surface area contributed by atoms with E-state index >= 15 is 0 Å². The number of benzene rings is 1. The van der Waals surface area contributed by atoms with E-state index in [1.807, 2.05) is 31.2 Å². The van der Waals surface area contributed by atoms with Crippen LogP contribution >= 0.6 is 11.6 Å². The fourth-order valence-corrected chi connectivity index (χ4v) is 1.43. The lowest BCUT2D eigenvalue weighted by Gasteiger charge is -2.11. The Bertz CT molecular complexity index is 341. The summed E-state index contributed by atoms with van der Waals surface area (Å²) in [4.78, 5) is 0. The minimum atomic E-state index is -0.280. The van der Waals surface area contributed by atoms with Crippen LogP contribution in [0.5, 0.6) is 0 Å². The van der Waals surface area contributed by atoms with Crippen LogP contribution in [0.25, 0.3) is 0 Å². The summed E-state index contributed by atoms with van der Waals surface area (Å²) in [7, 11) is 0. The molecule has 0 radical (unpaired) electrons. The fourth-order valence-electron chi connectivity index (χ4n) is 1.16. The molecule has 0 unspecified atom stereocenters. The summed E-state index contributed by atoms with van der Waals surface area (Å²) in [5, 5.41) is 9.16. The Morgan fingerprint density at radius 3 is 2.92 bits per heavy atom. The second kappa shape index (κ2) is 4.27. The third-order valence-electron chi connectivity index (χ3n) is 1.93. The molecule has 0 aromatic heterocycles. The summed E-state index contributed by atoms with van der Waals surface area (Å²) in [6.45, 7) is 1.92. The van der Waals surface area contributed by atoms with Gasteiger partial charge in [0.1, 0.15) is 0 Å². The van der Waals surface area contributed by atoms with E-state index < -0.39 is 0 Å². The third kappa shape index (κ3) is 2.21. The van der Waals surface area contributed by atoms with Crippen molar-refractivity contribution < 1.29 is 0 Å². The average molecular weight is 195 g/mol. The smallest absolute Gasteiger partial charge is 0.0641 e. The SMILES string of the molecule is Cc1cccc([C@@H](N)CC#N)c1Cl. The second-order valence-electron chi connectivity index (χ2n) is 2.95. The largest absolute Gasteiger partial charge is 0.323 e. The Morgan fingerprint density at radius 2 is 2.31 bits per heavy atom. The molecule has 0 heterocycles. The Balaban J connectivity index is 3.02. The molecule has 0 spiro atoms. The summed E-state index contributed by atoms with van der Waals surface area (Å²) < 4.78 is 0. The zero-order chi connectivity index (χ0) is 9.84. The molecule has 3 heteroatoms. The van der Waals surface area contributed by atoms with E-state index in [2.05, 4.69) is 0 Å². The number of aryl methyl sites for hydroxylation is 1. The highest BCUT2D eigenvalue weighted by atomic mass is 35.5. The summed E-state index contributed by atoms with van der Waals surface area (Å²) in [6, 6.07) is 7.43. The van der Waals surface area contributed by atoms with Crippen LogP contribution in [0.4, 0.5) is 0 Å². The maximum Gasteiger partial charge on any atom is 0.0641 e. The Hall–Kier alpha value is -1.04. The summed E-state index contributed by atoms with van der Waals surface area (Å²) in [5.74, 6) is 0. The maximum atomic E-state index is 8.49. The normalized spacial score (nSPS) is 12.2. The molecular weight excluding hydrogens is 184 g/mol. The first-order valence-electron chi connectivity index (χ1n) is 4.04. The van der Waals surface area contributed by atoms with Crippen molar-refractivity contribution in [2.24, 2.45) is 5.73 Å². The van der Waals surface area contributed by atoms with Crippen LogP contribution in [0.1, 0.15) is 23.6 Å². The van der Waals surface area contributed by atoms with Crippen LogP contribution in [-0.2, 0) is 0 Å². The predicted octanol–water partition coefficient (Wildman–Crippen LogP) is 2.56. The molecule has 1 rings (SSSR count). The van der Waals surface area contributed by atoms with E-state index in [1.165, 1.54) is 0 Å². The van der Waals surface area contributed by atoms with Crippen molar-refractivity contribution in [2.75, 3.05) is 0 Å². The minimum Gasteiger partial charge on any atom is -0.323 e. The monoisotopic (exact) mass is 194 g/mol. The van der Waals surface area contributed by atoms with Crippen LogP contribution < -0.4 is 5.73 Å². The third-order valence-corrected chi connectivity index (χ3v) is 2.45. The number of hydrogen-bond acceptors (Lipinski definition) is 2. The van der Waals surface area contributed by atoms with E-state index in [0.717, 1.165) is 11.1 Å². The van der Waals surface area contributed by atoms with Crippen molar-refractivity contribution in [1.29, 1.82) is 5.26 Å². The Labute approximate surface area is 82.9 Å². The van der Waals surface area contributed by atoms with Gasteiger partial charge in [0.2, 0.25) is 0 Å². The molecule has 1 atom stereocenters. The van der Waals surface area contributed by atoms with Crippen molar-refractivity contribution in [3.63, 3.8) is 0 Å². The van der Waals surface area contributed by atoms with Crippen molar-refractivity contribution in [1.82, 2.24) is 0 Å². The van der Waals surface area contributed by atoms with Gasteiger partial charge in [0.25, 0.3) is 0 Å². The van der Waals surface area contributed by atoms with E-state index in [1.54, 1.807) is 0 Å². The average Bonchev–Trinajstić information content (AvgIpc) is 2.10. The van der Waals surface area contributed by atoms with Gasteiger partial charge in [-0.2, -0.15) is 5.26 Å². The van der Waals surface area contributed by atoms with Gasteiger partial charge >= 0.3 is 0 Å². The lowest BCUT2D eigenvalue weighted by Crippen LogP contribution is -2.10. The number of nitrogens with zero attached hydrogens (tertiary/aromatic N) is 1. The molecule has 0 aliphatic heterocycles. The zero-order valence-electron chi connectivity index (χ0n) is 7.42. The fraction of sp³-hybridized carbons (Fsp3) is 0.300. The molecule has 0 aliphatic rings. The van der Waals surface area contributed by atoms with Crippen LogP contribution in [-0.4, -0.2) is 0 Å². The lowest BCUT2D eigenvalue weighted by molar-refractivity contribution is 0.748. The summed E-state index contributed by atoms with van der Waals surface area (Å²) >= 11 is 6.03. The quantitative estimate of drug-likeness (QED) is 0.787. The molecule has 2 N–H and O–H groups in total. The van der Waals surface area contributed by atoms with Gasteiger partial charge in [0, 0.05) is 11.1 Å². The molecule has 1 aromatic rings. The molecule has 0 saturated heterocycles. The van der Waals surface area contributed by atoms with E-state index in [-0.39, 0.29) is 6.04 Å². The number of halogens is 1. The van der Waals surface area contributed by atoms with Crippen molar-refractivity contribution in [2.45, 2.75) is 19.4 Å². The van der Waals surface area contributed by atoms with Crippen LogP contribution in [0.3, 0.4) is 0 Å². The standard InChI is InChI=1S/C10H11ClN2/c1-7-3-2-4-8(10(7)11)9(13)5-6-12/h2-4,9H,5,13H2,1H3/t9-/m0/s1. The van der Waals surface area contributed by atoms with Gasteiger partial charge < -0.3 is 5.73 Å². The molecule has 0 fully saturated rings.